The Hall–Kier alpha value is -3.47. The van der Waals surface area contributed by atoms with Gasteiger partial charge in [-0.05, 0) is 31.2 Å². The van der Waals surface area contributed by atoms with Crippen LogP contribution in [-0.2, 0) is 11.8 Å². The van der Waals surface area contributed by atoms with Crippen LogP contribution in [0.3, 0.4) is 0 Å². The van der Waals surface area contributed by atoms with E-state index in [2.05, 4.69) is 10.3 Å². The zero-order valence-corrected chi connectivity index (χ0v) is 13.7. The van der Waals surface area contributed by atoms with Crippen molar-refractivity contribution in [1.29, 1.82) is 5.26 Å². The molecular formula is C17H16N4O4. The molecule has 0 spiro atoms. The number of imidazole rings is 1. The van der Waals surface area contributed by atoms with Gasteiger partial charge in [0, 0.05) is 30.7 Å². The van der Waals surface area contributed by atoms with Crippen molar-refractivity contribution in [2.75, 3.05) is 11.9 Å². The monoisotopic (exact) mass is 340 g/mol. The van der Waals surface area contributed by atoms with Crippen LogP contribution in [0.4, 0.5) is 10.5 Å². The van der Waals surface area contributed by atoms with Crippen molar-refractivity contribution in [1.82, 2.24) is 9.55 Å². The quantitative estimate of drug-likeness (QED) is 0.637. The van der Waals surface area contributed by atoms with E-state index >= 15 is 0 Å². The molecule has 0 aliphatic heterocycles. The normalized spacial score (nSPS) is 11.2. The van der Waals surface area contributed by atoms with Gasteiger partial charge in [-0.1, -0.05) is 0 Å². The summed E-state index contributed by atoms with van der Waals surface area (Å²) in [6, 6.07) is 7.58. The molecule has 0 fully saturated rings. The highest BCUT2D eigenvalue weighted by molar-refractivity contribution is 6.17. The summed E-state index contributed by atoms with van der Waals surface area (Å²) in [5, 5.41) is 11.7. The average molecular weight is 340 g/mol. The Morgan fingerprint density at radius 2 is 1.96 bits per heavy atom. The molecule has 0 saturated carbocycles. The second-order valence-electron chi connectivity index (χ2n) is 5.08. The molecule has 2 aromatic rings. The summed E-state index contributed by atoms with van der Waals surface area (Å²) in [6.07, 6.45) is 2.37. The molecule has 1 aromatic heterocycles. The SMILES string of the molecule is CCOC(=O)Nc1ccc(C(=O)C(C#N)C(=O)c2nccn2C)cc1. The zero-order valence-electron chi connectivity index (χ0n) is 13.7. The van der Waals surface area contributed by atoms with Crippen molar-refractivity contribution >= 4 is 23.3 Å². The maximum Gasteiger partial charge on any atom is 0.411 e. The number of ketones is 2. The molecule has 25 heavy (non-hydrogen) atoms. The largest absolute Gasteiger partial charge is 0.450 e. The molecule has 128 valence electrons. The summed E-state index contributed by atoms with van der Waals surface area (Å²) in [5.41, 5.74) is 0.613. The minimum Gasteiger partial charge on any atom is -0.450 e. The Bertz CT molecular complexity index is 833. The second kappa shape index (κ2) is 7.88. The van der Waals surface area contributed by atoms with Crippen molar-refractivity contribution in [2.24, 2.45) is 13.0 Å². The number of amides is 1. The molecule has 0 aliphatic carbocycles. The van der Waals surface area contributed by atoms with Gasteiger partial charge in [0.2, 0.25) is 5.78 Å². The molecule has 0 bridgehead atoms. The van der Waals surface area contributed by atoms with E-state index in [1.165, 1.54) is 35.0 Å². The standard InChI is InChI=1S/C17H16N4O4/c1-3-25-17(24)20-12-6-4-11(5-7-12)14(22)13(10-18)15(23)16-19-8-9-21(16)2/h4-9,13H,3H2,1-2H3,(H,20,24). The van der Waals surface area contributed by atoms with E-state index in [1.807, 2.05) is 0 Å². The first-order valence-electron chi connectivity index (χ1n) is 7.47. The Labute approximate surface area is 144 Å². The van der Waals surface area contributed by atoms with E-state index < -0.39 is 23.6 Å². The number of aromatic nitrogens is 2. The minimum atomic E-state index is -1.48. The highest BCUT2D eigenvalue weighted by Crippen LogP contribution is 2.16. The van der Waals surface area contributed by atoms with Crippen molar-refractivity contribution in [3.8, 4) is 6.07 Å². The molecule has 1 heterocycles. The highest BCUT2D eigenvalue weighted by Gasteiger charge is 2.30. The number of aryl methyl sites for hydroxylation is 1. The first kappa shape index (κ1) is 17.9. The Kier molecular flexibility index (Phi) is 5.63. The number of rotatable bonds is 6. The van der Waals surface area contributed by atoms with E-state index in [0.29, 0.717) is 5.69 Å². The summed E-state index contributed by atoms with van der Waals surface area (Å²) in [6.45, 7) is 1.92. The molecule has 1 amide bonds. The molecule has 1 N–H and O–H groups in total. The van der Waals surface area contributed by atoms with Gasteiger partial charge >= 0.3 is 6.09 Å². The Morgan fingerprint density at radius 3 is 2.48 bits per heavy atom. The van der Waals surface area contributed by atoms with Gasteiger partial charge in [-0.15, -0.1) is 0 Å². The number of nitrogens with one attached hydrogen (secondary N) is 1. The first-order chi connectivity index (χ1) is 12.0. The van der Waals surface area contributed by atoms with Gasteiger partial charge in [0.1, 0.15) is 0 Å². The van der Waals surface area contributed by atoms with Gasteiger partial charge in [-0.2, -0.15) is 5.26 Å². The number of nitriles is 1. The van der Waals surface area contributed by atoms with Crippen LogP contribution in [0, 0.1) is 17.2 Å². The number of carbonyl (C=O) groups excluding carboxylic acids is 3. The lowest BCUT2D eigenvalue weighted by Crippen LogP contribution is -2.25. The third-order valence-corrected chi connectivity index (χ3v) is 3.39. The lowest BCUT2D eigenvalue weighted by Gasteiger charge is -2.09. The summed E-state index contributed by atoms with van der Waals surface area (Å²) in [7, 11) is 1.61. The van der Waals surface area contributed by atoms with Crippen molar-refractivity contribution in [2.45, 2.75) is 6.92 Å². The van der Waals surface area contributed by atoms with Crippen LogP contribution >= 0.6 is 0 Å². The molecule has 0 radical (unpaired) electrons. The molecule has 1 unspecified atom stereocenters. The predicted octanol–water partition coefficient (Wildman–Crippen LogP) is 2.19. The fourth-order valence-corrected chi connectivity index (χ4v) is 2.14. The summed E-state index contributed by atoms with van der Waals surface area (Å²) in [4.78, 5) is 40.0. The number of ether oxygens (including phenoxy) is 1. The summed E-state index contributed by atoms with van der Waals surface area (Å²) >= 11 is 0. The van der Waals surface area contributed by atoms with E-state index in [-0.39, 0.29) is 18.0 Å². The summed E-state index contributed by atoms with van der Waals surface area (Å²) < 4.78 is 6.20. The van der Waals surface area contributed by atoms with Gasteiger partial charge in [0.15, 0.2) is 17.5 Å². The average Bonchev–Trinajstić information content (AvgIpc) is 3.02. The fraction of sp³-hybridized carbons (Fsp3) is 0.235. The lowest BCUT2D eigenvalue weighted by molar-refractivity contribution is 0.0838. The number of nitrogens with zero attached hydrogens (tertiary/aromatic N) is 3. The van der Waals surface area contributed by atoms with Crippen LogP contribution in [-0.4, -0.2) is 33.8 Å². The Balaban J connectivity index is 2.16. The molecular weight excluding hydrogens is 324 g/mol. The smallest absolute Gasteiger partial charge is 0.411 e. The molecule has 0 aliphatic rings. The molecule has 8 heteroatoms. The fourth-order valence-electron chi connectivity index (χ4n) is 2.14. The molecule has 2 rings (SSSR count). The summed E-state index contributed by atoms with van der Waals surface area (Å²) in [5.74, 6) is -2.72. The van der Waals surface area contributed by atoms with E-state index in [1.54, 1.807) is 26.2 Å². The molecule has 1 atom stereocenters. The van der Waals surface area contributed by atoms with E-state index in [9.17, 15) is 19.6 Å². The number of carbonyl (C=O) groups is 3. The van der Waals surface area contributed by atoms with Crippen LogP contribution in [0.2, 0.25) is 0 Å². The number of hydrogen-bond donors (Lipinski definition) is 1. The number of anilines is 1. The predicted molar refractivity (Wildman–Crippen MR) is 88.1 cm³/mol. The van der Waals surface area contributed by atoms with Gasteiger partial charge < -0.3 is 9.30 Å². The topological polar surface area (TPSA) is 114 Å². The maximum absolute atomic E-state index is 12.5. The maximum atomic E-state index is 12.5. The molecule has 8 nitrogen and oxygen atoms in total. The van der Waals surface area contributed by atoms with Crippen LogP contribution in [0.15, 0.2) is 36.7 Å². The van der Waals surface area contributed by atoms with Crippen LogP contribution < -0.4 is 5.32 Å². The van der Waals surface area contributed by atoms with E-state index in [4.69, 9.17) is 4.74 Å². The number of Topliss-reactive ketones (excluding diaryl/α,β-unsaturated/α-hetero) is 2. The van der Waals surface area contributed by atoms with Gasteiger partial charge in [0.25, 0.3) is 0 Å². The van der Waals surface area contributed by atoms with E-state index in [0.717, 1.165) is 0 Å². The molecule has 1 aromatic carbocycles. The van der Waals surface area contributed by atoms with Crippen molar-refractivity contribution in [3.05, 3.63) is 48.0 Å². The van der Waals surface area contributed by atoms with Gasteiger partial charge in [0.05, 0.1) is 12.7 Å². The Morgan fingerprint density at radius 1 is 1.28 bits per heavy atom. The minimum absolute atomic E-state index is 0.0421. The first-order valence-corrected chi connectivity index (χ1v) is 7.47. The van der Waals surface area contributed by atoms with Crippen LogP contribution in [0.5, 0.6) is 0 Å². The third-order valence-electron chi connectivity index (χ3n) is 3.39. The van der Waals surface area contributed by atoms with Gasteiger partial charge in [-0.3, -0.25) is 14.9 Å². The van der Waals surface area contributed by atoms with Crippen LogP contribution in [0.25, 0.3) is 0 Å². The van der Waals surface area contributed by atoms with Gasteiger partial charge in [-0.25, -0.2) is 9.78 Å². The lowest BCUT2D eigenvalue weighted by atomic mass is 9.94. The number of benzene rings is 1. The third kappa shape index (κ3) is 4.09. The zero-order chi connectivity index (χ0) is 18.4. The number of hydrogen-bond acceptors (Lipinski definition) is 6. The van der Waals surface area contributed by atoms with Crippen molar-refractivity contribution in [3.63, 3.8) is 0 Å². The van der Waals surface area contributed by atoms with Crippen LogP contribution in [0.1, 0.15) is 27.9 Å². The van der Waals surface area contributed by atoms with Crippen molar-refractivity contribution < 1.29 is 19.1 Å². The second-order valence-corrected chi connectivity index (χ2v) is 5.08. The highest BCUT2D eigenvalue weighted by atomic mass is 16.5. The molecule has 0 saturated heterocycles.